The van der Waals surface area contributed by atoms with Gasteiger partial charge in [-0.2, -0.15) is 0 Å². The Hall–Kier alpha value is -0.0800. The fourth-order valence-corrected chi connectivity index (χ4v) is 6.28. The molecule has 4 bridgehead atoms. The summed E-state index contributed by atoms with van der Waals surface area (Å²) in [5, 5.41) is 0. The van der Waals surface area contributed by atoms with Crippen molar-refractivity contribution in [2.45, 2.75) is 69.9 Å². The molecule has 0 unspecified atom stereocenters. The molecule has 19 heavy (non-hydrogen) atoms. The van der Waals surface area contributed by atoms with Gasteiger partial charge in [-0.15, -0.1) is 0 Å². The average Bonchev–Trinajstić information content (AvgIpc) is 3.21. The maximum absolute atomic E-state index is 6.44. The summed E-state index contributed by atoms with van der Waals surface area (Å²) in [7, 11) is 0. The van der Waals surface area contributed by atoms with E-state index in [2.05, 4.69) is 11.8 Å². The minimum absolute atomic E-state index is 0.407. The number of nitrogens with zero attached hydrogens (tertiary/aromatic N) is 1. The normalized spacial score (nSPS) is 48.2. The Morgan fingerprint density at radius 2 is 1.58 bits per heavy atom. The van der Waals surface area contributed by atoms with E-state index >= 15 is 0 Å². The van der Waals surface area contributed by atoms with Crippen molar-refractivity contribution >= 4 is 0 Å². The monoisotopic (exact) mass is 262 g/mol. The summed E-state index contributed by atoms with van der Waals surface area (Å²) in [6.07, 6.45) is 11.7. The van der Waals surface area contributed by atoms with Gasteiger partial charge in [0.1, 0.15) is 0 Å². The summed E-state index contributed by atoms with van der Waals surface area (Å²) < 4.78 is 0. The number of hydrogen-bond acceptors (Lipinski definition) is 2. The molecule has 5 aliphatic carbocycles. The third-order valence-corrected chi connectivity index (χ3v) is 6.87. The van der Waals surface area contributed by atoms with Crippen molar-refractivity contribution in [2.24, 2.45) is 29.4 Å². The van der Waals surface area contributed by atoms with Crippen molar-refractivity contribution in [1.29, 1.82) is 0 Å². The van der Waals surface area contributed by atoms with Gasteiger partial charge in [0.15, 0.2) is 0 Å². The summed E-state index contributed by atoms with van der Waals surface area (Å²) >= 11 is 0. The van der Waals surface area contributed by atoms with Crippen LogP contribution < -0.4 is 5.73 Å². The van der Waals surface area contributed by atoms with Crippen LogP contribution in [-0.4, -0.2) is 29.6 Å². The standard InChI is InChI=1S/C17H30N2/c1-2-5-19(16-3-4-16)17(11-18)14-7-12-6-13(9-14)10-15(17)8-12/h12-16H,2-11,18H2,1H3. The minimum atomic E-state index is 0.407. The number of rotatable bonds is 5. The Bertz CT molecular complexity index is 319. The van der Waals surface area contributed by atoms with Crippen LogP contribution in [0, 0.1) is 23.7 Å². The molecular weight excluding hydrogens is 232 g/mol. The molecule has 0 saturated heterocycles. The van der Waals surface area contributed by atoms with Gasteiger partial charge in [0.05, 0.1) is 0 Å². The first-order valence-electron chi connectivity index (χ1n) is 8.74. The molecule has 0 spiro atoms. The molecule has 0 radical (unpaired) electrons. The van der Waals surface area contributed by atoms with Gasteiger partial charge in [-0.05, 0) is 81.6 Å². The van der Waals surface area contributed by atoms with Crippen molar-refractivity contribution in [3.05, 3.63) is 0 Å². The van der Waals surface area contributed by atoms with Crippen molar-refractivity contribution in [3.63, 3.8) is 0 Å². The van der Waals surface area contributed by atoms with Gasteiger partial charge in [0.2, 0.25) is 0 Å². The predicted molar refractivity (Wildman–Crippen MR) is 78.8 cm³/mol. The van der Waals surface area contributed by atoms with Crippen LogP contribution in [0.25, 0.3) is 0 Å². The van der Waals surface area contributed by atoms with Gasteiger partial charge >= 0.3 is 0 Å². The largest absolute Gasteiger partial charge is 0.329 e. The predicted octanol–water partition coefficient (Wildman–Crippen LogP) is 3.01. The average molecular weight is 262 g/mol. The molecule has 0 aliphatic heterocycles. The molecule has 0 aromatic heterocycles. The Kier molecular flexibility index (Phi) is 2.97. The summed E-state index contributed by atoms with van der Waals surface area (Å²) in [5.41, 5.74) is 6.85. The van der Waals surface area contributed by atoms with Gasteiger partial charge in [0.25, 0.3) is 0 Å². The lowest BCUT2D eigenvalue weighted by atomic mass is 9.48. The molecule has 0 aromatic carbocycles. The highest BCUT2D eigenvalue weighted by Crippen LogP contribution is 2.61. The van der Waals surface area contributed by atoms with Crippen LogP contribution in [0.3, 0.4) is 0 Å². The fraction of sp³-hybridized carbons (Fsp3) is 1.00. The van der Waals surface area contributed by atoms with E-state index in [0.717, 1.165) is 36.3 Å². The van der Waals surface area contributed by atoms with E-state index in [9.17, 15) is 0 Å². The van der Waals surface area contributed by atoms with E-state index < -0.39 is 0 Å². The quantitative estimate of drug-likeness (QED) is 0.825. The highest BCUT2D eigenvalue weighted by atomic mass is 15.3. The molecule has 108 valence electrons. The summed E-state index contributed by atoms with van der Waals surface area (Å²) in [5.74, 6) is 3.98. The molecule has 5 saturated carbocycles. The second kappa shape index (κ2) is 4.46. The molecule has 2 nitrogen and oxygen atoms in total. The van der Waals surface area contributed by atoms with Gasteiger partial charge in [-0.3, -0.25) is 4.90 Å². The van der Waals surface area contributed by atoms with E-state index in [1.807, 2.05) is 0 Å². The van der Waals surface area contributed by atoms with Crippen molar-refractivity contribution in [2.75, 3.05) is 13.1 Å². The highest BCUT2D eigenvalue weighted by Gasteiger charge is 2.60. The first-order chi connectivity index (χ1) is 9.27. The molecular formula is C17H30N2. The SMILES string of the molecule is CCCN(C1CC1)C1(CN)C2CC3CC(C2)CC1C3. The van der Waals surface area contributed by atoms with Crippen LogP contribution in [0.15, 0.2) is 0 Å². The first-order valence-corrected chi connectivity index (χ1v) is 8.74. The second-order valence-electron chi connectivity index (χ2n) is 7.92. The lowest BCUT2D eigenvalue weighted by Gasteiger charge is -2.65. The van der Waals surface area contributed by atoms with Gasteiger partial charge in [0, 0.05) is 18.1 Å². The Balaban J connectivity index is 1.68. The van der Waals surface area contributed by atoms with Crippen LogP contribution in [0.4, 0.5) is 0 Å². The van der Waals surface area contributed by atoms with Crippen molar-refractivity contribution in [3.8, 4) is 0 Å². The van der Waals surface area contributed by atoms with E-state index in [-0.39, 0.29) is 0 Å². The molecule has 2 heteroatoms. The zero-order valence-electron chi connectivity index (χ0n) is 12.5. The second-order valence-corrected chi connectivity index (χ2v) is 7.92. The van der Waals surface area contributed by atoms with Crippen molar-refractivity contribution < 1.29 is 0 Å². The number of nitrogens with two attached hydrogens (primary N) is 1. The number of hydrogen-bond donors (Lipinski definition) is 1. The summed E-state index contributed by atoms with van der Waals surface area (Å²) in [6.45, 7) is 4.57. The lowest BCUT2D eigenvalue weighted by Crippen LogP contribution is -2.69. The van der Waals surface area contributed by atoms with E-state index in [4.69, 9.17) is 5.73 Å². The van der Waals surface area contributed by atoms with E-state index in [0.29, 0.717) is 5.54 Å². The maximum atomic E-state index is 6.44. The topological polar surface area (TPSA) is 29.3 Å². The molecule has 2 N–H and O–H groups in total. The Morgan fingerprint density at radius 1 is 1.00 bits per heavy atom. The molecule has 0 heterocycles. The summed E-state index contributed by atoms with van der Waals surface area (Å²) in [4.78, 5) is 2.92. The van der Waals surface area contributed by atoms with Crippen LogP contribution in [-0.2, 0) is 0 Å². The lowest BCUT2D eigenvalue weighted by molar-refractivity contribution is -0.134. The minimum Gasteiger partial charge on any atom is -0.329 e. The van der Waals surface area contributed by atoms with Crippen LogP contribution >= 0.6 is 0 Å². The molecule has 5 aliphatic rings. The van der Waals surface area contributed by atoms with E-state index in [1.54, 1.807) is 6.42 Å². The molecule has 0 amide bonds. The van der Waals surface area contributed by atoms with Crippen molar-refractivity contribution in [1.82, 2.24) is 4.90 Å². The maximum Gasteiger partial charge on any atom is 0.0391 e. The third-order valence-electron chi connectivity index (χ3n) is 6.87. The third kappa shape index (κ3) is 1.75. The Morgan fingerprint density at radius 3 is 2.00 bits per heavy atom. The van der Waals surface area contributed by atoms with Crippen LogP contribution in [0.5, 0.6) is 0 Å². The fourth-order valence-electron chi connectivity index (χ4n) is 6.28. The zero-order chi connectivity index (χ0) is 13.0. The summed E-state index contributed by atoms with van der Waals surface area (Å²) in [6, 6.07) is 0.890. The van der Waals surface area contributed by atoms with Crippen LogP contribution in [0.2, 0.25) is 0 Å². The van der Waals surface area contributed by atoms with E-state index in [1.165, 1.54) is 51.5 Å². The molecule has 5 fully saturated rings. The molecule has 0 atom stereocenters. The molecule has 0 aromatic rings. The van der Waals surface area contributed by atoms with Gasteiger partial charge in [-0.1, -0.05) is 6.92 Å². The highest BCUT2D eigenvalue weighted by molar-refractivity contribution is 5.14. The zero-order valence-corrected chi connectivity index (χ0v) is 12.5. The Labute approximate surface area is 118 Å². The molecule has 5 rings (SSSR count). The van der Waals surface area contributed by atoms with Gasteiger partial charge < -0.3 is 5.73 Å². The van der Waals surface area contributed by atoms with Crippen LogP contribution in [0.1, 0.15) is 58.3 Å². The first kappa shape index (κ1) is 12.6. The smallest absolute Gasteiger partial charge is 0.0391 e. The van der Waals surface area contributed by atoms with Gasteiger partial charge in [-0.25, -0.2) is 0 Å².